The van der Waals surface area contributed by atoms with E-state index >= 15 is 0 Å². The van der Waals surface area contributed by atoms with E-state index in [1.165, 1.54) is 12.8 Å². The first-order chi connectivity index (χ1) is 10.9. The van der Waals surface area contributed by atoms with Crippen molar-refractivity contribution in [2.75, 3.05) is 6.16 Å². The second kappa shape index (κ2) is 12.5. The molecular formula is C12H22N3O8PPt-2. The molecule has 1 rings (SSSR count). The van der Waals surface area contributed by atoms with E-state index < -0.39 is 44.1 Å². The predicted octanol–water partition coefficient (Wildman–Crippen LogP) is 0.608. The summed E-state index contributed by atoms with van der Waals surface area (Å²) in [4.78, 5) is 48.4. The van der Waals surface area contributed by atoms with E-state index in [0.717, 1.165) is 12.8 Å². The van der Waals surface area contributed by atoms with Crippen molar-refractivity contribution >= 4 is 25.4 Å². The third kappa shape index (κ3) is 14.1. The number of carboxylic acid groups (broad SMARTS) is 2. The molecule has 3 atom stereocenters. The maximum atomic E-state index is 10.9. The van der Waals surface area contributed by atoms with Gasteiger partial charge in [-0.2, -0.15) is 12.1 Å². The molecule has 0 aromatic carbocycles. The Hall–Kier alpha value is -0.832. The minimum atomic E-state index is -4.59. The smallest absolute Gasteiger partial charge is 0.334 e. The van der Waals surface area contributed by atoms with Crippen LogP contribution >= 0.6 is 7.60 Å². The zero-order valence-corrected chi connectivity index (χ0v) is 16.3. The Morgan fingerprint density at radius 2 is 1.52 bits per heavy atom. The minimum Gasteiger partial charge on any atom is -0.676 e. The predicted molar refractivity (Wildman–Crippen MR) is 83.4 cm³/mol. The van der Waals surface area contributed by atoms with Gasteiger partial charge in [0.15, 0.2) is 0 Å². The molecule has 0 bridgehead atoms. The summed E-state index contributed by atoms with van der Waals surface area (Å²) < 4.78 is 10.4. The number of aliphatic carboxylic acids is 2. The first-order valence-electron chi connectivity index (χ1n) is 7.13. The van der Waals surface area contributed by atoms with Gasteiger partial charge in [-0.1, -0.05) is 25.7 Å². The van der Waals surface area contributed by atoms with Gasteiger partial charge in [0.25, 0.3) is 0 Å². The second-order valence-electron chi connectivity index (χ2n) is 5.38. The Morgan fingerprint density at radius 3 is 1.80 bits per heavy atom. The van der Waals surface area contributed by atoms with Gasteiger partial charge in [-0.05, 0) is 0 Å². The Morgan fingerprint density at radius 1 is 1.08 bits per heavy atom. The molecule has 1 saturated carbocycles. The first kappa shape index (κ1) is 26.4. The zero-order valence-electron chi connectivity index (χ0n) is 13.2. The number of carbonyl (C=O) groups is 3. The number of hydrogen-bond donors (Lipinski definition) is 5. The van der Waals surface area contributed by atoms with Gasteiger partial charge >= 0.3 is 19.5 Å². The number of hydrogen-bond acceptors (Lipinski definition) is 4. The van der Waals surface area contributed by atoms with Gasteiger partial charge in [0, 0.05) is 21.1 Å². The molecular weight excluding hydrogens is 540 g/mol. The molecule has 11 nitrogen and oxygen atoms in total. The molecule has 0 aromatic heterocycles. The number of rotatable bonds is 6. The number of nitrogens with one attached hydrogen (secondary N) is 3. The summed E-state index contributed by atoms with van der Waals surface area (Å²) in [7, 11) is -4.59. The van der Waals surface area contributed by atoms with Crippen molar-refractivity contribution in [3.05, 3.63) is 11.5 Å². The van der Waals surface area contributed by atoms with Gasteiger partial charge < -0.3 is 36.8 Å². The standard InChI is InChI=1S/C6H12N2.C6H10NO8P.Pt/c7-5-3-1-2-4-6(5)8;8-4(2-16(13,14)15)7-3(6(11)12)1-5(9)10;/h5-8H,1-4H2;3H,1-2H2,(H,7,8)(H,9,10)(H,11,12)(H2,13,14,15);/q-2;;. The van der Waals surface area contributed by atoms with Crippen LogP contribution in [0.4, 0.5) is 0 Å². The van der Waals surface area contributed by atoms with Crippen molar-refractivity contribution < 1.29 is 60.0 Å². The molecule has 0 radical (unpaired) electrons. The normalized spacial score (nSPS) is 21.0. The SMILES string of the molecule is O=C(O)CC(NC(=O)CP(=O)(O)O)C(=O)O.[NH-]C1CCCCC1[NH-].[Pt]. The van der Waals surface area contributed by atoms with E-state index in [-0.39, 0.29) is 33.1 Å². The summed E-state index contributed by atoms with van der Waals surface area (Å²) in [5, 5.41) is 18.5. The summed E-state index contributed by atoms with van der Waals surface area (Å²) in [6.07, 6.45) is 2.19. The van der Waals surface area contributed by atoms with Crippen LogP contribution in [0.15, 0.2) is 0 Å². The molecule has 7 N–H and O–H groups in total. The van der Waals surface area contributed by atoms with Crippen LogP contribution < -0.4 is 5.32 Å². The fourth-order valence-corrected chi connectivity index (χ4v) is 2.40. The third-order valence-electron chi connectivity index (χ3n) is 3.13. The average Bonchev–Trinajstić information content (AvgIpc) is 2.39. The summed E-state index contributed by atoms with van der Waals surface area (Å²) in [6.45, 7) is 0. The molecule has 25 heavy (non-hydrogen) atoms. The van der Waals surface area contributed by atoms with E-state index in [9.17, 15) is 18.9 Å². The van der Waals surface area contributed by atoms with E-state index in [2.05, 4.69) is 0 Å². The number of carbonyl (C=O) groups excluding carboxylic acids is 1. The quantitative estimate of drug-likeness (QED) is 0.289. The van der Waals surface area contributed by atoms with E-state index in [1.54, 1.807) is 5.32 Å². The van der Waals surface area contributed by atoms with Crippen molar-refractivity contribution in [2.24, 2.45) is 0 Å². The van der Waals surface area contributed by atoms with E-state index in [4.69, 9.17) is 31.5 Å². The minimum absolute atomic E-state index is 0. The van der Waals surface area contributed by atoms with Gasteiger partial charge in [0.2, 0.25) is 5.91 Å². The van der Waals surface area contributed by atoms with Crippen LogP contribution in [0.3, 0.4) is 0 Å². The Kier molecular flexibility index (Phi) is 13.2. The fraction of sp³-hybridized carbons (Fsp3) is 0.750. The Balaban J connectivity index is 0. The zero-order chi connectivity index (χ0) is 18.9. The summed E-state index contributed by atoms with van der Waals surface area (Å²) in [5.74, 6) is -4.27. The van der Waals surface area contributed by atoms with Crippen LogP contribution in [0.2, 0.25) is 0 Å². The van der Waals surface area contributed by atoms with E-state index in [1.807, 2.05) is 0 Å². The molecule has 0 saturated heterocycles. The largest absolute Gasteiger partial charge is 0.676 e. The number of amides is 1. The van der Waals surface area contributed by atoms with Crippen LogP contribution in [0.5, 0.6) is 0 Å². The Bertz CT molecular complexity index is 491. The van der Waals surface area contributed by atoms with Gasteiger partial charge in [-0.3, -0.25) is 14.2 Å². The van der Waals surface area contributed by atoms with Crippen LogP contribution in [0, 0.1) is 0 Å². The summed E-state index contributed by atoms with van der Waals surface area (Å²) >= 11 is 0. The molecule has 1 aliphatic carbocycles. The Labute approximate surface area is 158 Å². The molecule has 0 aromatic rings. The van der Waals surface area contributed by atoms with Gasteiger partial charge in [0.1, 0.15) is 12.2 Å². The molecule has 1 aliphatic rings. The molecule has 13 heteroatoms. The fourth-order valence-electron chi connectivity index (χ4n) is 1.93. The van der Waals surface area contributed by atoms with Crippen molar-refractivity contribution in [2.45, 2.75) is 50.2 Å². The van der Waals surface area contributed by atoms with Crippen LogP contribution in [0.25, 0.3) is 11.5 Å². The van der Waals surface area contributed by atoms with Crippen molar-refractivity contribution in [3.63, 3.8) is 0 Å². The molecule has 0 heterocycles. The molecule has 1 amide bonds. The maximum absolute atomic E-state index is 10.9. The summed E-state index contributed by atoms with van der Waals surface area (Å²) in [6, 6.07) is -1.87. The van der Waals surface area contributed by atoms with Gasteiger partial charge in [0.05, 0.1) is 6.42 Å². The number of carboxylic acids is 2. The molecule has 1 fully saturated rings. The van der Waals surface area contributed by atoms with E-state index in [0.29, 0.717) is 0 Å². The summed E-state index contributed by atoms with van der Waals surface area (Å²) in [5.41, 5.74) is 14.6. The van der Waals surface area contributed by atoms with Crippen LogP contribution in [-0.2, 0) is 40.0 Å². The average molecular weight is 562 g/mol. The van der Waals surface area contributed by atoms with Crippen LogP contribution in [0.1, 0.15) is 32.1 Å². The third-order valence-corrected chi connectivity index (χ3v) is 3.83. The maximum Gasteiger partial charge on any atom is 0.334 e. The molecule has 150 valence electrons. The molecule has 3 unspecified atom stereocenters. The topological polar surface area (TPSA) is 209 Å². The van der Waals surface area contributed by atoms with Crippen LogP contribution in [-0.4, -0.2) is 62.1 Å². The van der Waals surface area contributed by atoms with Gasteiger partial charge in [-0.25, -0.2) is 4.79 Å². The van der Waals surface area contributed by atoms with Crippen molar-refractivity contribution in [3.8, 4) is 0 Å². The molecule has 0 aliphatic heterocycles. The monoisotopic (exact) mass is 562 g/mol. The van der Waals surface area contributed by atoms with Crippen molar-refractivity contribution in [1.82, 2.24) is 5.32 Å². The van der Waals surface area contributed by atoms with Crippen molar-refractivity contribution in [1.29, 1.82) is 0 Å². The second-order valence-corrected chi connectivity index (χ2v) is 7.02. The molecule has 0 spiro atoms. The van der Waals surface area contributed by atoms with Gasteiger partial charge in [-0.15, -0.1) is 0 Å². The first-order valence-corrected chi connectivity index (χ1v) is 8.93.